The molecule has 2 rings (SSSR count). The summed E-state index contributed by atoms with van der Waals surface area (Å²) in [7, 11) is 0. The lowest BCUT2D eigenvalue weighted by Crippen LogP contribution is -2.17. The molecule has 0 aromatic heterocycles. The maximum atomic E-state index is 5.89. The first-order valence-corrected chi connectivity index (χ1v) is 6.79. The maximum Gasteiger partial charge on any atom is 0.0575 e. The summed E-state index contributed by atoms with van der Waals surface area (Å²) >= 11 is 0. The third kappa shape index (κ3) is 4.98. The van der Waals surface area contributed by atoms with Crippen LogP contribution in [0.2, 0.25) is 0 Å². The Morgan fingerprint density at radius 1 is 0.933 bits per heavy atom. The van der Waals surface area contributed by atoms with E-state index in [1.54, 1.807) is 0 Å². The molecule has 0 atom stereocenters. The van der Waals surface area contributed by atoms with Gasteiger partial charge >= 0.3 is 0 Å². The van der Waals surface area contributed by atoms with Crippen LogP contribution in [0.15, 0.2) is 0 Å². The second-order valence-corrected chi connectivity index (χ2v) is 5.03. The molecule has 1 heterocycles. The van der Waals surface area contributed by atoms with Crippen molar-refractivity contribution in [2.45, 2.75) is 57.5 Å². The van der Waals surface area contributed by atoms with Crippen molar-refractivity contribution >= 4 is 0 Å². The van der Waals surface area contributed by atoms with E-state index >= 15 is 0 Å². The van der Waals surface area contributed by atoms with Crippen molar-refractivity contribution < 1.29 is 4.74 Å². The van der Waals surface area contributed by atoms with Gasteiger partial charge in [0, 0.05) is 19.7 Å². The van der Waals surface area contributed by atoms with Crippen LogP contribution in [0.5, 0.6) is 0 Å². The third-order valence-corrected chi connectivity index (χ3v) is 3.56. The summed E-state index contributed by atoms with van der Waals surface area (Å²) in [5.41, 5.74) is 0. The van der Waals surface area contributed by atoms with Gasteiger partial charge in [-0.1, -0.05) is 19.3 Å². The van der Waals surface area contributed by atoms with Gasteiger partial charge in [0.1, 0.15) is 0 Å². The standard InChI is InChI=1S/C13H25NO/c1-3-7-13(8-4-1)15-12-6-2-5-9-14-10-11-14/h13H,1-12H2. The van der Waals surface area contributed by atoms with E-state index < -0.39 is 0 Å². The number of nitrogens with zero attached hydrogens (tertiary/aromatic N) is 1. The van der Waals surface area contributed by atoms with E-state index in [4.69, 9.17) is 4.74 Å². The molecule has 2 aliphatic rings. The van der Waals surface area contributed by atoms with E-state index in [1.165, 1.54) is 71.0 Å². The van der Waals surface area contributed by atoms with E-state index in [0.717, 1.165) is 6.61 Å². The summed E-state index contributed by atoms with van der Waals surface area (Å²) in [6.07, 6.45) is 11.4. The first-order chi connectivity index (χ1) is 7.45. The van der Waals surface area contributed by atoms with Crippen LogP contribution in [0.4, 0.5) is 0 Å². The first-order valence-electron chi connectivity index (χ1n) is 6.79. The zero-order valence-electron chi connectivity index (χ0n) is 9.92. The minimum Gasteiger partial charge on any atom is -0.378 e. The molecule has 0 aromatic carbocycles. The fourth-order valence-corrected chi connectivity index (χ4v) is 2.39. The maximum absolute atomic E-state index is 5.89. The first kappa shape index (κ1) is 11.4. The molecule has 0 N–H and O–H groups in total. The smallest absolute Gasteiger partial charge is 0.0575 e. The number of hydrogen-bond acceptors (Lipinski definition) is 2. The summed E-state index contributed by atoms with van der Waals surface area (Å²) in [5, 5.41) is 0. The Labute approximate surface area is 94.0 Å². The van der Waals surface area contributed by atoms with Crippen LogP contribution < -0.4 is 0 Å². The average Bonchev–Trinajstić information content (AvgIpc) is 3.09. The summed E-state index contributed by atoms with van der Waals surface area (Å²) in [5.74, 6) is 0. The lowest BCUT2D eigenvalue weighted by atomic mass is 9.98. The number of hydrogen-bond donors (Lipinski definition) is 0. The van der Waals surface area contributed by atoms with E-state index in [0.29, 0.717) is 6.10 Å². The molecular weight excluding hydrogens is 186 g/mol. The van der Waals surface area contributed by atoms with Crippen LogP contribution in [0.3, 0.4) is 0 Å². The summed E-state index contributed by atoms with van der Waals surface area (Å²) in [6.45, 7) is 5.02. The van der Waals surface area contributed by atoms with Crippen molar-refractivity contribution in [3.05, 3.63) is 0 Å². The summed E-state index contributed by atoms with van der Waals surface area (Å²) in [4.78, 5) is 2.50. The van der Waals surface area contributed by atoms with Gasteiger partial charge in [-0.2, -0.15) is 0 Å². The highest BCUT2D eigenvalue weighted by Crippen LogP contribution is 2.20. The van der Waals surface area contributed by atoms with Crippen LogP contribution in [-0.4, -0.2) is 37.2 Å². The van der Waals surface area contributed by atoms with Crippen molar-refractivity contribution in [2.75, 3.05) is 26.2 Å². The minimum absolute atomic E-state index is 0.603. The molecule has 1 aliphatic heterocycles. The fourth-order valence-electron chi connectivity index (χ4n) is 2.39. The van der Waals surface area contributed by atoms with Gasteiger partial charge in [0.25, 0.3) is 0 Å². The highest BCUT2D eigenvalue weighted by molar-refractivity contribution is 4.71. The van der Waals surface area contributed by atoms with E-state index in [-0.39, 0.29) is 0 Å². The summed E-state index contributed by atoms with van der Waals surface area (Å²) in [6, 6.07) is 0. The molecule has 2 fully saturated rings. The van der Waals surface area contributed by atoms with Crippen LogP contribution >= 0.6 is 0 Å². The Morgan fingerprint density at radius 2 is 1.73 bits per heavy atom. The molecular formula is C13H25NO. The number of ether oxygens (including phenoxy) is 1. The zero-order chi connectivity index (χ0) is 10.3. The molecule has 0 spiro atoms. The predicted molar refractivity (Wildman–Crippen MR) is 63.1 cm³/mol. The SMILES string of the molecule is C1CCC(OCCCCCN2CC2)CC1. The minimum atomic E-state index is 0.603. The van der Waals surface area contributed by atoms with Gasteiger partial charge in [-0.15, -0.1) is 0 Å². The van der Waals surface area contributed by atoms with Crippen LogP contribution in [0.1, 0.15) is 51.4 Å². The molecule has 1 saturated carbocycles. The number of unbranched alkanes of at least 4 members (excludes halogenated alkanes) is 2. The van der Waals surface area contributed by atoms with Gasteiger partial charge in [0.15, 0.2) is 0 Å². The van der Waals surface area contributed by atoms with Crippen molar-refractivity contribution in [1.82, 2.24) is 4.90 Å². The van der Waals surface area contributed by atoms with Gasteiger partial charge in [0.2, 0.25) is 0 Å². The molecule has 0 aromatic rings. The molecule has 0 unspecified atom stereocenters. The van der Waals surface area contributed by atoms with Gasteiger partial charge < -0.3 is 9.64 Å². The Bertz CT molecular complexity index is 162. The second kappa shape index (κ2) is 6.49. The van der Waals surface area contributed by atoms with E-state index in [2.05, 4.69) is 4.90 Å². The third-order valence-electron chi connectivity index (χ3n) is 3.56. The van der Waals surface area contributed by atoms with Crippen molar-refractivity contribution in [3.8, 4) is 0 Å². The van der Waals surface area contributed by atoms with Gasteiger partial charge in [-0.05, 0) is 38.6 Å². The Morgan fingerprint density at radius 3 is 2.47 bits per heavy atom. The highest BCUT2D eigenvalue weighted by Gasteiger charge is 2.15. The van der Waals surface area contributed by atoms with Gasteiger partial charge in [0.05, 0.1) is 6.10 Å². The Hall–Kier alpha value is -0.0800. The van der Waals surface area contributed by atoms with Crippen molar-refractivity contribution in [3.63, 3.8) is 0 Å². The topological polar surface area (TPSA) is 12.2 Å². The number of rotatable bonds is 7. The zero-order valence-corrected chi connectivity index (χ0v) is 9.92. The van der Waals surface area contributed by atoms with Crippen LogP contribution in [0.25, 0.3) is 0 Å². The average molecular weight is 211 g/mol. The summed E-state index contributed by atoms with van der Waals surface area (Å²) < 4.78 is 5.89. The van der Waals surface area contributed by atoms with Gasteiger partial charge in [-0.25, -0.2) is 0 Å². The molecule has 2 heteroatoms. The Balaban J connectivity index is 1.37. The molecule has 0 bridgehead atoms. The monoisotopic (exact) mass is 211 g/mol. The van der Waals surface area contributed by atoms with E-state index in [9.17, 15) is 0 Å². The van der Waals surface area contributed by atoms with E-state index in [1.807, 2.05) is 0 Å². The molecule has 1 saturated heterocycles. The van der Waals surface area contributed by atoms with Crippen LogP contribution in [-0.2, 0) is 4.74 Å². The Kier molecular flexibility index (Phi) is 4.94. The van der Waals surface area contributed by atoms with Crippen molar-refractivity contribution in [2.24, 2.45) is 0 Å². The lowest BCUT2D eigenvalue weighted by Gasteiger charge is -2.21. The molecule has 0 amide bonds. The van der Waals surface area contributed by atoms with Crippen LogP contribution in [0, 0.1) is 0 Å². The highest BCUT2D eigenvalue weighted by atomic mass is 16.5. The fraction of sp³-hybridized carbons (Fsp3) is 1.00. The lowest BCUT2D eigenvalue weighted by molar-refractivity contribution is 0.0263. The molecule has 2 nitrogen and oxygen atoms in total. The molecule has 0 radical (unpaired) electrons. The van der Waals surface area contributed by atoms with Gasteiger partial charge in [-0.3, -0.25) is 0 Å². The molecule has 15 heavy (non-hydrogen) atoms. The van der Waals surface area contributed by atoms with Crippen molar-refractivity contribution in [1.29, 1.82) is 0 Å². The molecule has 1 aliphatic carbocycles. The normalized spacial score (nSPS) is 23.2. The quantitative estimate of drug-likeness (QED) is 0.474. The predicted octanol–water partition coefficient (Wildman–Crippen LogP) is 2.82. The second-order valence-electron chi connectivity index (χ2n) is 5.03. The largest absolute Gasteiger partial charge is 0.378 e. The molecule has 88 valence electrons.